The Morgan fingerprint density at radius 2 is 2.33 bits per heavy atom. The minimum Gasteiger partial charge on any atom is -0.383 e. The Bertz CT molecular complexity index is 288. The highest BCUT2D eigenvalue weighted by Gasteiger charge is 2.09. The second kappa shape index (κ2) is 6.37. The molecule has 1 rings (SSSR count). The summed E-state index contributed by atoms with van der Waals surface area (Å²) < 4.78 is 0. The van der Waals surface area contributed by atoms with E-state index in [0.717, 1.165) is 18.4 Å². The highest BCUT2D eigenvalue weighted by Crippen LogP contribution is 2.12. The van der Waals surface area contributed by atoms with E-state index in [9.17, 15) is 0 Å². The van der Waals surface area contributed by atoms with Gasteiger partial charge in [0.2, 0.25) is 0 Å². The molecular weight excluding hydrogens is 188 g/mol. The largest absolute Gasteiger partial charge is 0.383 e. The van der Waals surface area contributed by atoms with Crippen LogP contribution in [0.5, 0.6) is 0 Å². The average molecular weight is 208 g/mol. The number of rotatable bonds is 6. The number of nitrogens with two attached hydrogens (primary N) is 2. The molecule has 1 aromatic rings. The molecule has 0 radical (unpaired) electrons. The van der Waals surface area contributed by atoms with Crippen molar-refractivity contribution in [2.75, 3.05) is 5.73 Å². The van der Waals surface area contributed by atoms with Gasteiger partial charge in [-0.2, -0.15) is 0 Å². The van der Waals surface area contributed by atoms with Gasteiger partial charge < -0.3 is 5.73 Å². The molecular formula is C11H20N4. The lowest BCUT2D eigenvalue weighted by atomic mass is 10.0. The average Bonchev–Trinajstić information content (AvgIpc) is 2.26. The number of hydrazine groups is 1. The molecule has 5 N–H and O–H groups in total. The third-order valence-corrected chi connectivity index (χ3v) is 2.53. The predicted octanol–water partition coefficient (Wildman–Crippen LogP) is 1.23. The second-order valence-corrected chi connectivity index (χ2v) is 3.76. The molecule has 1 heterocycles. The van der Waals surface area contributed by atoms with Gasteiger partial charge in [0.05, 0.1) is 0 Å². The van der Waals surface area contributed by atoms with E-state index in [1.165, 1.54) is 12.8 Å². The maximum absolute atomic E-state index is 5.77. The fourth-order valence-corrected chi connectivity index (χ4v) is 1.58. The number of anilines is 1. The van der Waals surface area contributed by atoms with E-state index < -0.39 is 0 Å². The number of unbranched alkanes of at least 4 members (excludes halogenated alkanes) is 1. The maximum Gasteiger partial charge on any atom is 0.126 e. The second-order valence-electron chi connectivity index (χ2n) is 3.76. The van der Waals surface area contributed by atoms with Crippen LogP contribution in [0.15, 0.2) is 18.3 Å². The predicted molar refractivity (Wildman–Crippen MR) is 63.0 cm³/mol. The number of nitrogen functional groups attached to an aromatic ring is 1. The molecule has 1 atom stereocenters. The fourth-order valence-electron chi connectivity index (χ4n) is 1.58. The first kappa shape index (κ1) is 11.9. The van der Waals surface area contributed by atoms with Crippen LogP contribution in [0.25, 0.3) is 0 Å². The van der Waals surface area contributed by atoms with E-state index in [4.69, 9.17) is 11.6 Å². The summed E-state index contributed by atoms with van der Waals surface area (Å²) >= 11 is 0. The van der Waals surface area contributed by atoms with Crippen molar-refractivity contribution in [2.24, 2.45) is 5.84 Å². The van der Waals surface area contributed by atoms with Crippen molar-refractivity contribution in [1.29, 1.82) is 0 Å². The molecule has 4 heteroatoms. The van der Waals surface area contributed by atoms with Gasteiger partial charge in [0.15, 0.2) is 0 Å². The summed E-state index contributed by atoms with van der Waals surface area (Å²) in [5.74, 6) is 6.11. The van der Waals surface area contributed by atoms with Crippen molar-refractivity contribution in [2.45, 2.75) is 38.6 Å². The molecule has 0 aromatic carbocycles. The van der Waals surface area contributed by atoms with Crippen LogP contribution in [0.4, 0.5) is 5.82 Å². The van der Waals surface area contributed by atoms with Crippen molar-refractivity contribution in [3.8, 4) is 0 Å². The Morgan fingerprint density at radius 1 is 1.53 bits per heavy atom. The molecule has 0 aliphatic rings. The zero-order valence-corrected chi connectivity index (χ0v) is 9.24. The van der Waals surface area contributed by atoms with Crippen LogP contribution in [0, 0.1) is 0 Å². The first-order valence-electron chi connectivity index (χ1n) is 5.43. The summed E-state index contributed by atoms with van der Waals surface area (Å²) in [6.07, 6.45) is 5.98. The topological polar surface area (TPSA) is 77.0 Å². The van der Waals surface area contributed by atoms with Crippen molar-refractivity contribution in [1.82, 2.24) is 10.4 Å². The molecule has 4 nitrogen and oxygen atoms in total. The monoisotopic (exact) mass is 208 g/mol. The molecule has 0 amide bonds. The number of hydrogen-bond donors (Lipinski definition) is 3. The molecule has 0 saturated carbocycles. The lowest BCUT2D eigenvalue weighted by Gasteiger charge is -2.15. The van der Waals surface area contributed by atoms with Crippen molar-refractivity contribution < 1.29 is 0 Å². The minimum absolute atomic E-state index is 0.288. The summed E-state index contributed by atoms with van der Waals surface area (Å²) in [7, 11) is 0. The molecule has 0 fully saturated rings. The van der Waals surface area contributed by atoms with Crippen LogP contribution in [0.2, 0.25) is 0 Å². The van der Waals surface area contributed by atoms with E-state index in [-0.39, 0.29) is 6.04 Å². The normalized spacial score (nSPS) is 12.7. The lowest BCUT2D eigenvalue weighted by Crippen LogP contribution is -2.36. The molecule has 0 saturated heterocycles. The van der Waals surface area contributed by atoms with Crippen LogP contribution in [-0.2, 0) is 6.42 Å². The Morgan fingerprint density at radius 3 is 2.93 bits per heavy atom. The third-order valence-electron chi connectivity index (χ3n) is 2.53. The van der Waals surface area contributed by atoms with E-state index in [2.05, 4.69) is 17.3 Å². The molecule has 1 unspecified atom stereocenters. The molecule has 84 valence electrons. The Balaban J connectivity index is 2.54. The van der Waals surface area contributed by atoms with Crippen molar-refractivity contribution >= 4 is 5.82 Å². The smallest absolute Gasteiger partial charge is 0.126 e. The first-order valence-corrected chi connectivity index (χ1v) is 5.43. The number of pyridine rings is 1. The highest BCUT2D eigenvalue weighted by atomic mass is 15.2. The Kier molecular flexibility index (Phi) is 5.07. The van der Waals surface area contributed by atoms with Gasteiger partial charge in [0, 0.05) is 12.2 Å². The molecule has 15 heavy (non-hydrogen) atoms. The van der Waals surface area contributed by atoms with Crippen molar-refractivity contribution in [3.05, 3.63) is 23.9 Å². The SMILES string of the molecule is CCCCC(Cc1cccnc1N)NN. The van der Waals surface area contributed by atoms with Gasteiger partial charge in [0.1, 0.15) is 5.82 Å². The quantitative estimate of drug-likeness (QED) is 0.485. The number of hydrogen-bond acceptors (Lipinski definition) is 4. The summed E-state index contributed by atoms with van der Waals surface area (Å²) in [5.41, 5.74) is 9.67. The van der Waals surface area contributed by atoms with Gasteiger partial charge in [-0.15, -0.1) is 0 Å². The first-order chi connectivity index (χ1) is 7.27. The number of nitrogens with one attached hydrogen (secondary N) is 1. The van der Waals surface area contributed by atoms with Crippen LogP contribution >= 0.6 is 0 Å². The van der Waals surface area contributed by atoms with Crippen molar-refractivity contribution in [3.63, 3.8) is 0 Å². The van der Waals surface area contributed by atoms with E-state index >= 15 is 0 Å². The highest BCUT2D eigenvalue weighted by molar-refractivity contribution is 5.38. The fraction of sp³-hybridized carbons (Fsp3) is 0.545. The zero-order valence-electron chi connectivity index (χ0n) is 9.24. The van der Waals surface area contributed by atoms with Gasteiger partial charge in [-0.25, -0.2) is 4.98 Å². The molecule has 0 spiro atoms. The van der Waals surface area contributed by atoms with Gasteiger partial charge in [-0.05, 0) is 24.5 Å². The maximum atomic E-state index is 5.77. The summed E-state index contributed by atoms with van der Waals surface area (Å²) in [6.45, 7) is 2.17. The van der Waals surface area contributed by atoms with Crippen LogP contribution in [0.3, 0.4) is 0 Å². The molecule has 0 bridgehead atoms. The van der Waals surface area contributed by atoms with E-state index in [1.54, 1.807) is 6.20 Å². The lowest BCUT2D eigenvalue weighted by molar-refractivity contribution is 0.473. The Labute approximate surface area is 91.0 Å². The summed E-state index contributed by atoms with van der Waals surface area (Å²) in [6, 6.07) is 4.19. The summed E-state index contributed by atoms with van der Waals surface area (Å²) in [4.78, 5) is 4.06. The van der Waals surface area contributed by atoms with Crippen LogP contribution < -0.4 is 17.0 Å². The van der Waals surface area contributed by atoms with Gasteiger partial charge in [0.25, 0.3) is 0 Å². The molecule has 0 aliphatic heterocycles. The van der Waals surface area contributed by atoms with Crippen LogP contribution in [0.1, 0.15) is 31.7 Å². The van der Waals surface area contributed by atoms with E-state index in [1.807, 2.05) is 12.1 Å². The van der Waals surface area contributed by atoms with Gasteiger partial charge >= 0.3 is 0 Å². The Hall–Kier alpha value is -1.13. The number of nitrogens with zero attached hydrogens (tertiary/aromatic N) is 1. The van der Waals surface area contributed by atoms with Gasteiger partial charge in [-0.1, -0.05) is 25.8 Å². The standard InChI is InChI=1S/C11H20N4/c1-2-3-6-10(15-13)8-9-5-4-7-14-11(9)12/h4-5,7,10,15H,2-3,6,8,13H2,1H3,(H2,12,14). The summed E-state index contributed by atoms with van der Waals surface area (Å²) in [5, 5.41) is 0. The van der Waals surface area contributed by atoms with Crippen LogP contribution in [-0.4, -0.2) is 11.0 Å². The minimum atomic E-state index is 0.288. The zero-order chi connectivity index (χ0) is 11.1. The molecule has 1 aromatic heterocycles. The third kappa shape index (κ3) is 3.85. The van der Waals surface area contributed by atoms with E-state index in [0.29, 0.717) is 5.82 Å². The number of aromatic nitrogens is 1. The molecule has 0 aliphatic carbocycles. The van der Waals surface area contributed by atoms with Gasteiger partial charge in [-0.3, -0.25) is 11.3 Å².